The first-order valence-corrected chi connectivity index (χ1v) is 5.88. The van der Waals surface area contributed by atoms with Gasteiger partial charge in [0.05, 0.1) is 17.4 Å². The average Bonchev–Trinajstić information content (AvgIpc) is 2.54. The summed E-state index contributed by atoms with van der Waals surface area (Å²) in [7, 11) is 0. The number of nitrogens with zero attached hydrogens (tertiary/aromatic N) is 2. The molecule has 1 atom stereocenters. The van der Waals surface area contributed by atoms with Crippen molar-refractivity contribution in [3.63, 3.8) is 0 Å². The molecule has 4 nitrogen and oxygen atoms in total. The fraction of sp³-hybridized carbons (Fsp3) is 0.667. The Bertz CT molecular complexity index is 337. The van der Waals surface area contributed by atoms with Gasteiger partial charge in [-0.15, -0.1) is 0 Å². The van der Waals surface area contributed by atoms with E-state index >= 15 is 0 Å². The Morgan fingerprint density at radius 2 is 2.19 bits per heavy atom. The third-order valence-electron chi connectivity index (χ3n) is 3.82. The van der Waals surface area contributed by atoms with Gasteiger partial charge in [-0.3, -0.25) is 9.98 Å². The van der Waals surface area contributed by atoms with Crippen molar-refractivity contribution >= 4 is 12.9 Å². The molecule has 1 aliphatic carbocycles. The Balaban J connectivity index is 2.27. The minimum absolute atomic E-state index is 0.00537. The monoisotopic (exact) mass is 220 g/mol. The van der Waals surface area contributed by atoms with Gasteiger partial charge in [0.15, 0.2) is 0 Å². The first-order chi connectivity index (χ1) is 7.73. The van der Waals surface area contributed by atoms with Crippen LogP contribution in [0.5, 0.6) is 0 Å². The lowest BCUT2D eigenvalue weighted by Gasteiger charge is -2.37. The van der Waals surface area contributed by atoms with Crippen LogP contribution in [0.4, 0.5) is 0 Å². The van der Waals surface area contributed by atoms with Gasteiger partial charge in [0.1, 0.15) is 0 Å². The second kappa shape index (κ2) is 4.47. The number of nitrogens with one attached hydrogen (secondary N) is 1. The first-order valence-electron chi connectivity index (χ1n) is 5.88. The number of hydrogen-bond donors (Lipinski definition) is 2. The van der Waals surface area contributed by atoms with Crippen molar-refractivity contribution in [2.24, 2.45) is 21.1 Å². The van der Waals surface area contributed by atoms with E-state index in [1.54, 1.807) is 0 Å². The number of allylic oxidation sites excluding steroid dienone is 1. The van der Waals surface area contributed by atoms with Crippen LogP contribution in [0.25, 0.3) is 0 Å². The Morgan fingerprint density at radius 3 is 2.75 bits per heavy atom. The maximum Gasteiger partial charge on any atom is 0.0783 e. The Morgan fingerprint density at radius 1 is 1.50 bits per heavy atom. The molecule has 1 spiro atoms. The highest BCUT2D eigenvalue weighted by molar-refractivity contribution is 5.56. The Hall–Kier alpha value is -1.00. The molecule has 2 aliphatic rings. The standard InChI is InChI=1S/C12H20N4/c1-3-16-9-8-12(4-6-15-7-5-12)11(13)10(9)14-2/h3,11,15H,2,4-8,13H2,1H3/b16-3-/t11-/m1/s1. The summed E-state index contributed by atoms with van der Waals surface area (Å²) < 4.78 is 0. The average molecular weight is 220 g/mol. The molecule has 4 heteroatoms. The van der Waals surface area contributed by atoms with Gasteiger partial charge < -0.3 is 11.1 Å². The highest BCUT2D eigenvalue weighted by atomic mass is 15.0. The van der Waals surface area contributed by atoms with Crippen LogP contribution in [-0.4, -0.2) is 32.1 Å². The lowest BCUT2D eigenvalue weighted by atomic mass is 9.73. The zero-order chi connectivity index (χ0) is 11.6. The van der Waals surface area contributed by atoms with E-state index in [1.807, 2.05) is 13.1 Å². The molecule has 1 aliphatic heterocycles. The molecule has 0 aromatic rings. The van der Waals surface area contributed by atoms with Gasteiger partial charge in [0, 0.05) is 6.21 Å². The van der Waals surface area contributed by atoms with Crippen molar-refractivity contribution < 1.29 is 0 Å². The molecule has 0 saturated carbocycles. The number of hydrogen-bond acceptors (Lipinski definition) is 4. The van der Waals surface area contributed by atoms with E-state index in [-0.39, 0.29) is 11.5 Å². The van der Waals surface area contributed by atoms with Gasteiger partial charge in [-0.2, -0.15) is 0 Å². The molecule has 0 amide bonds. The van der Waals surface area contributed by atoms with E-state index in [9.17, 15) is 0 Å². The summed E-state index contributed by atoms with van der Waals surface area (Å²) in [5, 5.41) is 3.38. The van der Waals surface area contributed by atoms with E-state index < -0.39 is 0 Å². The van der Waals surface area contributed by atoms with Crippen LogP contribution in [0.2, 0.25) is 0 Å². The summed E-state index contributed by atoms with van der Waals surface area (Å²) in [4.78, 5) is 8.48. The van der Waals surface area contributed by atoms with E-state index in [0.717, 1.165) is 43.7 Å². The normalized spacial score (nSPS) is 29.2. The van der Waals surface area contributed by atoms with Crippen LogP contribution in [0.3, 0.4) is 0 Å². The molecule has 0 radical (unpaired) electrons. The molecular formula is C12H20N4. The molecule has 1 heterocycles. The quantitative estimate of drug-likeness (QED) is 0.684. The summed E-state index contributed by atoms with van der Waals surface area (Å²) in [6.07, 6.45) is 4.98. The molecule has 0 bridgehead atoms. The fourth-order valence-electron chi connectivity index (χ4n) is 2.87. The molecular weight excluding hydrogens is 200 g/mol. The van der Waals surface area contributed by atoms with Gasteiger partial charge >= 0.3 is 0 Å². The Kier molecular flexibility index (Phi) is 3.21. The molecule has 0 unspecified atom stereocenters. The maximum atomic E-state index is 6.33. The number of nitrogens with two attached hydrogens (primary N) is 1. The molecule has 2 rings (SSSR count). The second-order valence-electron chi connectivity index (χ2n) is 4.64. The minimum Gasteiger partial charge on any atom is -0.322 e. The van der Waals surface area contributed by atoms with Crippen LogP contribution >= 0.6 is 0 Å². The molecule has 0 aromatic carbocycles. The largest absolute Gasteiger partial charge is 0.322 e. The summed E-state index contributed by atoms with van der Waals surface area (Å²) in [6, 6.07) is 0.00537. The molecule has 0 aromatic heterocycles. The second-order valence-corrected chi connectivity index (χ2v) is 4.64. The van der Waals surface area contributed by atoms with Crippen molar-refractivity contribution in [2.75, 3.05) is 13.1 Å². The first kappa shape index (κ1) is 11.5. The SMILES string of the molecule is C=NC1=C(/N=C\C)CC2(CCNCC2)[C@@H]1N. The van der Waals surface area contributed by atoms with E-state index in [0.29, 0.717) is 0 Å². The van der Waals surface area contributed by atoms with E-state index in [2.05, 4.69) is 22.0 Å². The van der Waals surface area contributed by atoms with Crippen molar-refractivity contribution in [1.82, 2.24) is 5.32 Å². The van der Waals surface area contributed by atoms with Crippen LogP contribution in [0.15, 0.2) is 21.4 Å². The predicted octanol–water partition coefficient (Wildman–Crippen LogP) is 1.09. The maximum absolute atomic E-state index is 6.33. The van der Waals surface area contributed by atoms with Crippen LogP contribution in [0.1, 0.15) is 26.2 Å². The van der Waals surface area contributed by atoms with Crippen molar-refractivity contribution in [2.45, 2.75) is 32.2 Å². The molecule has 1 saturated heterocycles. The summed E-state index contributed by atoms with van der Waals surface area (Å²) in [5.74, 6) is 0. The molecule has 88 valence electrons. The summed E-state index contributed by atoms with van der Waals surface area (Å²) in [5.41, 5.74) is 8.43. The van der Waals surface area contributed by atoms with E-state index in [1.165, 1.54) is 0 Å². The van der Waals surface area contributed by atoms with Crippen molar-refractivity contribution in [3.05, 3.63) is 11.4 Å². The predicted molar refractivity (Wildman–Crippen MR) is 67.9 cm³/mol. The van der Waals surface area contributed by atoms with Crippen LogP contribution in [-0.2, 0) is 0 Å². The Labute approximate surface area is 96.7 Å². The van der Waals surface area contributed by atoms with Gasteiger partial charge in [-0.25, -0.2) is 0 Å². The van der Waals surface area contributed by atoms with Crippen LogP contribution in [0, 0.1) is 5.41 Å². The number of aliphatic imine (C=N–C) groups is 2. The fourth-order valence-corrected chi connectivity index (χ4v) is 2.87. The topological polar surface area (TPSA) is 62.8 Å². The minimum atomic E-state index is 0.00537. The smallest absolute Gasteiger partial charge is 0.0783 e. The molecule has 16 heavy (non-hydrogen) atoms. The van der Waals surface area contributed by atoms with Crippen LogP contribution < -0.4 is 11.1 Å². The third kappa shape index (κ3) is 1.72. The van der Waals surface area contributed by atoms with Gasteiger partial charge in [0.2, 0.25) is 0 Å². The summed E-state index contributed by atoms with van der Waals surface area (Å²) >= 11 is 0. The number of rotatable bonds is 2. The lowest BCUT2D eigenvalue weighted by molar-refractivity contribution is 0.188. The van der Waals surface area contributed by atoms with Crippen molar-refractivity contribution in [1.29, 1.82) is 0 Å². The zero-order valence-electron chi connectivity index (χ0n) is 9.87. The summed E-state index contributed by atoms with van der Waals surface area (Å²) in [6.45, 7) is 7.64. The van der Waals surface area contributed by atoms with Gasteiger partial charge in [0.25, 0.3) is 0 Å². The third-order valence-corrected chi connectivity index (χ3v) is 3.82. The zero-order valence-corrected chi connectivity index (χ0v) is 9.87. The van der Waals surface area contributed by atoms with Crippen molar-refractivity contribution in [3.8, 4) is 0 Å². The van der Waals surface area contributed by atoms with Gasteiger partial charge in [-0.1, -0.05) is 0 Å². The van der Waals surface area contributed by atoms with Gasteiger partial charge in [-0.05, 0) is 51.4 Å². The highest BCUT2D eigenvalue weighted by Crippen LogP contribution is 2.47. The van der Waals surface area contributed by atoms with E-state index in [4.69, 9.17) is 5.73 Å². The lowest BCUT2D eigenvalue weighted by Crippen LogP contribution is -2.46. The molecule has 3 N–H and O–H groups in total. The highest BCUT2D eigenvalue weighted by Gasteiger charge is 2.46. The molecule has 1 fully saturated rings. The number of piperidine rings is 1.